The maximum atomic E-state index is 12.5. The molecule has 3 rings (SSSR count). The number of alkyl halides is 2. The van der Waals surface area contributed by atoms with E-state index < -0.39 is 6.61 Å². The quantitative estimate of drug-likeness (QED) is 0.792. The van der Waals surface area contributed by atoms with Crippen molar-refractivity contribution in [1.29, 1.82) is 0 Å². The number of nitrogens with zero attached hydrogens (tertiary/aromatic N) is 1. The maximum Gasteiger partial charge on any atom is 0.387 e. The fourth-order valence-corrected chi connectivity index (χ4v) is 2.38. The minimum absolute atomic E-state index is 0.157. The van der Waals surface area contributed by atoms with Gasteiger partial charge < -0.3 is 10.5 Å². The number of anilines is 1. The van der Waals surface area contributed by atoms with Crippen molar-refractivity contribution >= 4 is 16.7 Å². The van der Waals surface area contributed by atoms with Crippen LogP contribution in [0.3, 0.4) is 0 Å². The highest BCUT2D eigenvalue weighted by Crippen LogP contribution is 2.26. The molecule has 0 saturated carbocycles. The zero-order valence-electron chi connectivity index (χ0n) is 11.7. The molecule has 0 saturated heterocycles. The molecule has 1 aromatic heterocycles. The number of nitrogens with two attached hydrogens (primary N) is 1. The van der Waals surface area contributed by atoms with Crippen molar-refractivity contribution in [3.05, 3.63) is 65.7 Å². The van der Waals surface area contributed by atoms with Gasteiger partial charge in [-0.05, 0) is 29.3 Å². The summed E-state index contributed by atoms with van der Waals surface area (Å²) in [6.07, 6.45) is 0.382. The molecule has 0 aliphatic carbocycles. The largest absolute Gasteiger partial charge is 0.435 e. The molecule has 0 bridgehead atoms. The summed E-state index contributed by atoms with van der Waals surface area (Å²) < 4.78 is 29.5. The van der Waals surface area contributed by atoms with Gasteiger partial charge in [0.15, 0.2) is 0 Å². The molecule has 0 fully saturated rings. The molecule has 1 heterocycles. The van der Waals surface area contributed by atoms with Gasteiger partial charge in [-0.25, -0.2) is 4.98 Å². The van der Waals surface area contributed by atoms with Gasteiger partial charge in [0.2, 0.25) is 0 Å². The summed E-state index contributed by atoms with van der Waals surface area (Å²) in [6.45, 7) is -2.85. The van der Waals surface area contributed by atoms with Gasteiger partial charge in [-0.15, -0.1) is 0 Å². The van der Waals surface area contributed by atoms with Crippen LogP contribution in [0.15, 0.2) is 54.6 Å². The lowest BCUT2D eigenvalue weighted by atomic mass is 10.0. The summed E-state index contributed by atoms with van der Waals surface area (Å²) in [6, 6.07) is 16.2. The molecule has 2 N–H and O–H groups in total. The van der Waals surface area contributed by atoms with Crippen LogP contribution in [0.1, 0.15) is 11.1 Å². The fraction of sp³-hybridized carbons (Fsp3) is 0.118. The number of benzene rings is 2. The predicted molar refractivity (Wildman–Crippen MR) is 82.0 cm³/mol. The summed E-state index contributed by atoms with van der Waals surface area (Å²) in [5, 5.41) is 0.957. The minimum atomic E-state index is -2.85. The van der Waals surface area contributed by atoms with Crippen LogP contribution in [0.4, 0.5) is 14.6 Å². The van der Waals surface area contributed by atoms with Crippen LogP contribution in [0.25, 0.3) is 10.9 Å². The fourth-order valence-electron chi connectivity index (χ4n) is 2.38. The molecular weight excluding hydrogens is 286 g/mol. The number of hydrogen-bond acceptors (Lipinski definition) is 3. The first-order valence-corrected chi connectivity index (χ1v) is 6.80. The summed E-state index contributed by atoms with van der Waals surface area (Å²) in [5.41, 5.74) is 8.22. The van der Waals surface area contributed by atoms with Crippen LogP contribution < -0.4 is 10.5 Å². The molecule has 3 nitrogen and oxygen atoms in total. The van der Waals surface area contributed by atoms with E-state index >= 15 is 0 Å². The maximum absolute atomic E-state index is 12.5. The highest BCUT2D eigenvalue weighted by atomic mass is 19.3. The average Bonchev–Trinajstić information content (AvgIpc) is 2.49. The molecule has 0 aliphatic rings. The first-order chi connectivity index (χ1) is 10.6. The third-order valence-corrected chi connectivity index (χ3v) is 3.41. The first-order valence-electron chi connectivity index (χ1n) is 6.80. The lowest BCUT2D eigenvalue weighted by Gasteiger charge is -2.12. The molecule has 3 aromatic rings. The number of rotatable bonds is 4. The van der Waals surface area contributed by atoms with E-state index in [0.29, 0.717) is 17.8 Å². The molecule has 0 radical (unpaired) electrons. The van der Waals surface area contributed by atoms with Gasteiger partial charge >= 0.3 is 6.61 Å². The molecule has 2 aromatic carbocycles. The van der Waals surface area contributed by atoms with Crippen LogP contribution in [0, 0.1) is 0 Å². The Labute approximate surface area is 126 Å². The summed E-state index contributed by atoms with van der Waals surface area (Å²) >= 11 is 0. The molecule has 0 aliphatic heterocycles. The Morgan fingerprint density at radius 2 is 1.73 bits per heavy atom. The molecule has 112 valence electrons. The van der Waals surface area contributed by atoms with Gasteiger partial charge in [0.25, 0.3) is 0 Å². The van der Waals surface area contributed by atoms with Crippen molar-refractivity contribution in [3.63, 3.8) is 0 Å². The van der Waals surface area contributed by atoms with E-state index in [4.69, 9.17) is 5.73 Å². The Kier molecular flexibility index (Phi) is 3.87. The van der Waals surface area contributed by atoms with E-state index in [-0.39, 0.29) is 5.75 Å². The van der Waals surface area contributed by atoms with Gasteiger partial charge in [-0.2, -0.15) is 8.78 Å². The average molecular weight is 300 g/mol. The standard InChI is InChI=1S/C17H14F2N2O/c18-17(19)22-15-8-4-2-6-12(15)10-13-9-11-5-1-3-7-14(11)21-16(13)20/h1-9,17H,10H2,(H2,20,21). The zero-order valence-corrected chi connectivity index (χ0v) is 11.7. The molecule has 5 heteroatoms. The molecule has 0 unspecified atom stereocenters. The van der Waals surface area contributed by atoms with Crippen molar-refractivity contribution in [2.45, 2.75) is 13.0 Å². The molecule has 22 heavy (non-hydrogen) atoms. The number of halogens is 2. The second-order valence-electron chi connectivity index (χ2n) is 4.89. The third-order valence-electron chi connectivity index (χ3n) is 3.41. The Morgan fingerprint density at radius 1 is 1.00 bits per heavy atom. The first kappa shape index (κ1) is 14.3. The smallest absolute Gasteiger partial charge is 0.387 e. The number of aromatic nitrogens is 1. The predicted octanol–water partition coefficient (Wildman–Crippen LogP) is 4.01. The van der Waals surface area contributed by atoms with E-state index in [9.17, 15) is 8.78 Å². The molecule has 0 amide bonds. The second kappa shape index (κ2) is 5.97. The summed E-state index contributed by atoms with van der Waals surface area (Å²) in [5.74, 6) is 0.551. The minimum Gasteiger partial charge on any atom is -0.435 e. The monoisotopic (exact) mass is 300 g/mol. The highest BCUT2D eigenvalue weighted by molar-refractivity contribution is 5.81. The van der Waals surface area contributed by atoms with Gasteiger partial charge in [-0.1, -0.05) is 36.4 Å². The van der Waals surface area contributed by atoms with Crippen molar-refractivity contribution in [2.75, 3.05) is 5.73 Å². The van der Waals surface area contributed by atoms with Crippen molar-refractivity contribution in [2.24, 2.45) is 0 Å². The summed E-state index contributed by atoms with van der Waals surface area (Å²) in [7, 11) is 0. The van der Waals surface area contributed by atoms with Crippen LogP contribution in [-0.2, 0) is 6.42 Å². The van der Waals surface area contributed by atoms with Gasteiger partial charge in [0.05, 0.1) is 5.52 Å². The van der Waals surface area contributed by atoms with E-state index in [1.807, 2.05) is 30.3 Å². The van der Waals surface area contributed by atoms with E-state index in [1.165, 1.54) is 6.07 Å². The highest BCUT2D eigenvalue weighted by Gasteiger charge is 2.12. The number of pyridine rings is 1. The lowest BCUT2D eigenvalue weighted by Crippen LogP contribution is -2.06. The topological polar surface area (TPSA) is 48.1 Å². The number of para-hydroxylation sites is 2. The van der Waals surface area contributed by atoms with Crippen molar-refractivity contribution in [1.82, 2.24) is 4.98 Å². The van der Waals surface area contributed by atoms with Crippen LogP contribution in [0.2, 0.25) is 0 Å². The zero-order chi connectivity index (χ0) is 15.5. The van der Waals surface area contributed by atoms with Gasteiger partial charge in [0.1, 0.15) is 11.6 Å². The molecular formula is C17H14F2N2O. The van der Waals surface area contributed by atoms with E-state index in [1.54, 1.807) is 18.2 Å². The third kappa shape index (κ3) is 2.98. The van der Waals surface area contributed by atoms with E-state index in [2.05, 4.69) is 9.72 Å². The van der Waals surface area contributed by atoms with E-state index in [0.717, 1.165) is 16.5 Å². The number of hydrogen-bond donors (Lipinski definition) is 1. The van der Waals surface area contributed by atoms with Crippen molar-refractivity contribution in [3.8, 4) is 5.75 Å². The van der Waals surface area contributed by atoms with Gasteiger partial charge in [0, 0.05) is 11.8 Å². The normalized spacial score (nSPS) is 11.0. The Hall–Kier alpha value is -2.69. The Bertz CT molecular complexity index is 806. The number of nitrogen functional groups attached to an aromatic ring is 1. The van der Waals surface area contributed by atoms with Crippen LogP contribution in [0.5, 0.6) is 5.75 Å². The number of fused-ring (bicyclic) bond motifs is 1. The summed E-state index contributed by atoms with van der Waals surface area (Å²) in [4.78, 5) is 4.35. The van der Waals surface area contributed by atoms with Crippen LogP contribution in [-0.4, -0.2) is 11.6 Å². The molecule has 0 atom stereocenters. The van der Waals surface area contributed by atoms with Gasteiger partial charge in [-0.3, -0.25) is 0 Å². The SMILES string of the molecule is Nc1nc2ccccc2cc1Cc1ccccc1OC(F)F. The Balaban J connectivity index is 1.98. The lowest BCUT2D eigenvalue weighted by molar-refractivity contribution is -0.0503. The molecule has 0 spiro atoms. The van der Waals surface area contributed by atoms with Crippen molar-refractivity contribution < 1.29 is 13.5 Å². The Morgan fingerprint density at radius 3 is 2.55 bits per heavy atom. The second-order valence-corrected chi connectivity index (χ2v) is 4.89. The van der Waals surface area contributed by atoms with Crippen LogP contribution >= 0.6 is 0 Å². The number of ether oxygens (including phenoxy) is 1.